The Hall–Kier alpha value is -0.290. The molecule has 0 saturated heterocycles. The molecule has 0 bridgehead atoms. The second-order valence-corrected chi connectivity index (χ2v) is 5.49. The van der Waals surface area contributed by atoms with Crippen molar-refractivity contribution in [2.24, 2.45) is 11.3 Å². The summed E-state index contributed by atoms with van der Waals surface area (Å²) in [5.74, 6) is 0.526. The van der Waals surface area contributed by atoms with Gasteiger partial charge in [-0.05, 0) is 30.8 Å². The second-order valence-electron chi connectivity index (χ2n) is 5.49. The van der Waals surface area contributed by atoms with E-state index in [9.17, 15) is 13.2 Å². The summed E-state index contributed by atoms with van der Waals surface area (Å²) >= 11 is 0. The molecule has 2 nitrogen and oxygen atoms in total. The molecule has 0 aromatic carbocycles. The molecule has 0 rings (SSSR count). The van der Waals surface area contributed by atoms with Crippen molar-refractivity contribution in [3.8, 4) is 0 Å². The van der Waals surface area contributed by atoms with Gasteiger partial charge >= 0.3 is 6.18 Å². The van der Waals surface area contributed by atoms with Gasteiger partial charge in [0, 0.05) is 6.61 Å². The zero-order valence-electron chi connectivity index (χ0n) is 11.2. The summed E-state index contributed by atoms with van der Waals surface area (Å²) < 4.78 is 39.7. The van der Waals surface area contributed by atoms with Crippen LogP contribution in [0, 0.1) is 11.3 Å². The number of hydrogen-bond donors (Lipinski definition) is 1. The zero-order valence-corrected chi connectivity index (χ0v) is 11.2. The number of ether oxygens (including phenoxy) is 1. The van der Waals surface area contributed by atoms with Gasteiger partial charge in [0.25, 0.3) is 0 Å². The van der Waals surface area contributed by atoms with Gasteiger partial charge < -0.3 is 10.1 Å². The molecule has 5 heteroatoms. The third kappa shape index (κ3) is 10.6. The Morgan fingerprint density at radius 1 is 1.18 bits per heavy atom. The highest BCUT2D eigenvalue weighted by Gasteiger charge is 2.27. The predicted molar refractivity (Wildman–Crippen MR) is 63.0 cm³/mol. The highest BCUT2D eigenvalue weighted by Crippen LogP contribution is 2.24. The molecule has 0 fully saturated rings. The number of halogens is 3. The first-order chi connectivity index (χ1) is 7.63. The molecule has 0 aromatic rings. The van der Waals surface area contributed by atoms with Gasteiger partial charge in [-0.2, -0.15) is 13.2 Å². The fourth-order valence-electron chi connectivity index (χ4n) is 1.11. The first-order valence-corrected chi connectivity index (χ1v) is 5.98. The largest absolute Gasteiger partial charge is 0.411 e. The van der Waals surface area contributed by atoms with Gasteiger partial charge in [0.05, 0.1) is 0 Å². The van der Waals surface area contributed by atoms with E-state index in [2.05, 4.69) is 37.7 Å². The Labute approximate surface area is 102 Å². The second kappa shape index (κ2) is 7.21. The van der Waals surface area contributed by atoms with Crippen molar-refractivity contribution < 1.29 is 17.9 Å². The van der Waals surface area contributed by atoms with E-state index in [0.29, 0.717) is 18.9 Å². The summed E-state index contributed by atoms with van der Waals surface area (Å²) in [4.78, 5) is 0. The van der Waals surface area contributed by atoms with Gasteiger partial charge in [-0.3, -0.25) is 0 Å². The SMILES string of the molecule is CC(CNCCCOCC(F)(F)F)C(C)(C)C. The number of alkyl halides is 3. The molecule has 0 aliphatic heterocycles. The molecule has 104 valence electrons. The smallest absolute Gasteiger partial charge is 0.372 e. The first kappa shape index (κ1) is 16.7. The van der Waals surface area contributed by atoms with Crippen LogP contribution in [0.15, 0.2) is 0 Å². The van der Waals surface area contributed by atoms with Gasteiger partial charge in [0.1, 0.15) is 6.61 Å². The summed E-state index contributed by atoms with van der Waals surface area (Å²) in [5, 5.41) is 3.23. The molecular weight excluding hydrogens is 231 g/mol. The fourth-order valence-corrected chi connectivity index (χ4v) is 1.11. The van der Waals surface area contributed by atoms with Gasteiger partial charge in [-0.1, -0.05) is 27.7 Å². The lowest BCUT2D eigenvalue weighted by molar-refractivity contribution is -0.173. The maximum atomic E-state index is 11.7. The van der Waals surface area contributed by atoms with E-state index >= 15 is 0 Å². The lowest BCUT2D eigenvalue weighted by atomic mass is 9.82. The average molecular weight is 255 g/mol. The lowest BCUT2D eigenvalue weighted by Crippen LogP contribution is -2.30. The van der Waals surface area contributed by atoms with Crippen LogP contribution in [0.1, 0.15) is 34.1 Å². The van der Waals surface area contributed by atoms with Crippen LogP contribution in [0.4, 0.5) is 13.2 Å². The Morgan fingerprint density at radius 3 is 2.24 bits per heavy atom. The van der Waals surface area contributed by atoms with Crippen molar-refractivity contribution in [2.75, 3.05) is 26.3 Å². The molecule has 1 unspecified atom stereocenters. The highest BCUT2D eigenvalue weighted by atomic mass is 19.4. The van der Waals surface area contributed by atoms with Crippen molar-refractivity contribution in [3.63, 3.8) is 0 Å². The van der Waals surface area contributed by atoms with Crippen LogP contribution < -0.4 is 5.32 Å². The van der Waals surface area contributed by atoms with Crippen LogP contribution in [0.25, 0.3) is 0 Å². The van der Waals surface area contributed by atoms with E-state index in [0.717, 1.165) is 6.54 Å². The normalized spacial score (nSPS) is 15.0. The van der Waals surface area contributed by atoms with Crippen molar-refractivity contribution in [2.45, 2.75) is 40.3 Å². The maximum absolute atomic E-state index is 11.7. The van der Waals surface area contributed by atoms with Crippen molar-refractivity contribution in [1.82, 2.24) is 5.32 Å². The molecule has 0 aliphatic carbocycles. The molecule has 0 aliphatic rings. The number of rotatable bonds is 7. The summed E-state index contributed by atoms with van der Waals surface area (Å²) in [6.45, 7) is 9.25. The monoisotopic (exact) mass is 255 g/mol. The quantitative estimate of drug-likeness (QED) is 0.705. The van der Waals surface area contributed by atoms with Crippen LogP contribution in [-0.4, -0.2) is 32.5 Å². The Balaban J connectivity index is 3.36. The standard InChI is InChI=1S/C12H24F3NO/c1-10(11(2,3)4)8-16-6-5-7-17-9-12(13,14)15/h10,16H,5-9H2,1-4H3. The topological polar surface area (TPSA) is 21.3 Å². The van der Waals surface area contributed by atoms with Crippen LogP contribution in [-0.2, 0) is 4.74 Å². The molecule has 0 saturated carbocycles. The molecule has 1 atom stereocenters. The Bertz CT molecular complexity index is 199. The molecule has 1 N–H and O–H groups in total. The van der Waals surface area contributed by atoms with E-state index < -0.39 is 12.8 Å². The van der Waals surface area contributed by atoms with Crippen molar-refractivity contribution >= 4 is 0 Å². The molecule has 0 amide bonds. The average Bonchev–Trinajstić information content (AvgIpc) is 2.12. The minimum absolute atomic E-state index is 0.149. The fraction of sp³-hybridized carbons (Fsp3) is 1.00. The molecule has 17 heavy (non-hydrogen) atoms. The lowest BCUT2D eigenvalue weighted by Gasteiger charge is -2.27. The van der Waals surface area contributed by atoms with Gasteiger partial charge in [0.15, 0.2) is 0 Å². The summed E-state index contributed by atoms with van der Waals surface area (Å²) in [6.07, 6.45) is -3.61. The van der Waals surface area contributed by atoms with E-state index in [1.807, 2.05) is 0 Å². The van der Waals surface area contributed by atoms with Crippen LogP contribution >= 0.6 is 0 Å². The van der Waals surface area contributed by atoms with E-state index in [-0.39, 0.29) is 12.0 Å². The predicted octanol–water partition coefficient (Wildman–Crippen LogP) is 3.23. The molecule has 0 spiro atoms. The first-order valence-electron chi connectivity index (χ1n) is 5.98. The molecule has 0 aromatic heterocycles. The molecular formula is C12H24F3NO. The van der Waals surface area contributed by atoms with Crippen LogP contribution in [0.2, 0.25) is 0 Å². The van der Waals surface area contributed by atoms with E-state index in [4.69, 9.17) is 0 Å². The Kier molecular flexibility index (Phi) is 7.09. The minimum Gasteiger partial charge on any atom is -0.372 e. The van der Waals surface area contributed by atoms with Gasteiger partial charge in [-0.15, -0.1) is 0 Å². The Morgan fingerprint density at radius 2 is 1.76 bits per heavy atom. The molecule has 0 radical (unpaired) electrons. The third-order valence-electron chi connectivity index (χ3n) is 2.84. The summed E-state index contributed by atoms with van der Waals surface area (Å²) in [6, 6.07) is 0. The van der Waals surface area contributed by atoms with E-state index in [1.54, 1.807) is 0 Å². The number of hydrogen-bond acceptors (Lipinski definition) is 2. The minimum atomic E-state index is -4.21. The summed E-state index contributed by atoms with van der Waals surface area (Å²) in [7, 11) is 0. The van der Waals surface area contributed by atoms with Crippen LogP contribution in [0.3, 0.4) is 0 Å². The van der Waals surface area contributed by atoms with Crippen LogP contribution in [0.5, 0.6) is 0 Å². The van der Waals surface area contributed by atoms with Crippen molar-refractivity contribution in [1.29, 1.82) is 0 Å². The zero-order chi connectivity index (χ0) is 13.5. The highest BCUT2D eigenvalue weighted by molar-refractivity contribution is 4.71. The molecule has 0 heterocycles. The van der Waals surface area contributed by atoms with Gasteiger partial charge in [0.2, 0.25) is 0 Å². The van der Waals surface area contributed by atoms with E-state index in [1.165, 1.54) is 0 Å². The third-order valence-corrected chi connectivity index (χ3v) is 2.84. The number of nitrogens with one attached hydrogen (secondary N) is 1. The maximum Gasteiger partial charge on any atom is 0.411 e. The summed E-state index contributed by atoms with van der Waals surface area (Å²) in [5.41, 5.74) is 0.250. The van der Waals surface area contributed by atoms with Gasteiger partial charge in [-0.25, -0.2) is 0 Å². The van der Waals surface area contributed by atoms with Crippen molar-refractivity contribution in [3.05, 3.63) is 0 Å².